The number of aryl methyl sites for hydroxylation is 1. The molecular formula is C23H18N2O. The van der Waals surface area contributed by atoms with E-state index in [2.05, 4.69) is 22.4 Å². The molecule has 0 aliphatic heterocycles. The van der Waals surface area contributed by atoms with Crippen molar-refractivity contribution in [2.45, 2.75) is 6.92 Å². The molecule has 0 radical (unpaired) electrons. The Morgan fingerprint density at radius 2 is 1.50 bits per heavy atom. The number of amides is 1. The highest BCUT2D eigenvalue weighted by Gasteiger charge is 2.09. The molecule has 4 aromatic rings. The van der Waals surface area contributed by atoms with Crippen molar-refractivity contribution in [1.29, 1.82) is 0 Å². The van der Waals surface area contributed by atoms with Crippen molar-refractivity contribution in [3.05, 3.63) is 96.2 Å². The van der Waals surface area contributed by atoms with Gasteiger partial charge >= 0.3 is 0 Å². The fourth-order valence-electron chi connectivity index (χ4n) is 3.01. The number of nitrogens with one attached hydrogen (secondary N) is 1. The monoisotopic (exact) mass is 338 g/mol. The second-order valence-corrected chi connectivity index (χ2v) is 6.22. The number of pyridine rings is 1. The van der Waals surface area contributed by atoms with Gasteiger partial charge in [0.1, 0.15) is 0 Å². The van der Waals surface area contributed by atoms with Crippen LogP contribution >= 0.6 is 0 Å². The molecule has 0 aliphatic carbocycles. The third-order valence-corrected chi connectivity index (χ3v) is 4.37. The first kappa shape index (κ1) is 16.0. The summed E-state index contributed by atoms with van der Waals surface area (Å²) in [5, 5.41) is 3.94. The minimum Gasteiger partial charge on any atom is -0.321 e. The smallest absolute Gasteiger partial charge is 0.255 e. The van der Waals surface area contributed by atoms with E-state index in [9.17, 15) is 4.79 Å². The molecule has 3 aromatic carbocycles. The lowest BCUT2D eigenvalue weighted by Gasteiger charge is -2.09. The number of rotatable bonds is 3. The number of hydrogen-bond acceptors (Lipinski definition) is 2. The Balaban J connectivity index is 1.59. The molecule has 0 unspecified atom stereocenters. The molecule has 1 amide bonds. The van der Waals surface area contributed by atoms with Crippen LogP contribution in [0.15, 0.2) is 84.9 Å². The van der Waals surface area contributed by atoms with Gasteiger partial charge in [-0.15, -0.1) is 0 Å². The molecule has 26 heavy (non-hydrogen) atoms. The van der Waals surface area contributed by atoms with Crippen LogP contribution in [0.5, 0.6) is 0 Å². The van der Waals surface area contributed by atoms with E-state index in [1.807, 2.05) is 79.7 Å². The fraction of sp³-hybridized carbons (Fsp3) is 0.0435. The summed E-state index contributed by atoms with van der Waals surface area (Å²) < 4.78 is 0. The first-order valence-electron chi connectivity index (χ1n) is 8.54. The van der Waals surface area contributed by atoms with Gasteiger partial charge in [-0.1, -0.05) is 48.5 Å². The second kappa shape index (κ2) is 6.81. The Kier molecular flexibility index (Phi) is 4.20. The predicted molar refractivity (Wildman–Crippen MR) is 106 cm³/mol. The molecular weight excluding hydrogens is 320 g/mol. The molecule has 1 aromatic heterocycles. The van der Waals surface area contributed by atoms with Gasteiger partial charge < -0.3 is 5.32 Å². The maximum absolute atomic E-state index is 12.6. The predicted octanol–water partition coefficient (Wildman–Crippen LogP) is 5.46. The molecule has 0 bridgehead atoms. The second-order valence-electron chi connectivity index (χ2n) is 6.22. The molecule has 4 rings (SSSR count). The zero-order valence-electron chi connectivity index (χ0n) is 14.4. The van der Waals surface area contributed by atoms with E-state index in [4.69, 9.17) is 0 Å². The van der Waals surface area contributed by atoms with Gasteiger partial charge in [-0.25, -0.2) is 0 Å². The number of benzene rings is 3. The Morgan fingerprint density at radius 3 is 2.27 bits per heavy atom. The highest BCUT2D eigenvalue weighted by Crippen LogP contribution is 2.24. The summed E-state index contributed by atoms with van der Waals surface area (Å²) in [6, 6.07) is 27.5. The molecule has 0 fully saturated rings. The lowest BCUT2D eigenvalue weighted by atomic mass is 10.0. The van der Waals surface area contributed by atoms with Gasteiger partial charge in [0.25, 0.3) is 5.91 Å². The molecule has 3 heteroatoms. The van der Waals surface area contributed by atoms with Gasteiger partial charge in [-0.2, -0.15) is 0 Å². The van der Waals surface area contributed by atoms with Crippen molar-refractivity contribution in [3.63, 3.8) is 0 Å². The van der Waals surface area contributed by atoms with Gasteiger partial charge in [0, 0.05) is 16.6 Å². The normalized spacial score (nSPS) is 10.7. The zero-order valence-corrected chi connectivity index (χ0v) is 14.4. The van der Waals surface area contributed by atoms with Crippen LogP contribution in [0.1, 0.15) is 16.1 Å². The van der Waals surface area contributed by atoms with E-state index < -0.39 is 0 Å². The van der Waals surface area contributed by atoms with Crippen LogP contribution in [0, 0.1) is 6.92 Å². The van der Waals surface area contributed by atoms with E-state index in [0.29, 0.717) is 5.56 Å². The quantitative estimate of drug-likeness (QED) is 0.539. The number of nitrogens with zero attached hydrogens (tertiary/aromatic N) is 1. The summed E-state index contributed by atoms with van der Waals surface area (Å²) in [5.41, 5.74) is 5.45. The summed E-state index contributed by atoms with van der Waals surface area (Å²) in [5.74, 6) is -0.127. The average molecular weight is 338 g/mol. The van der Waals surface area contributed by atoms with Gasteiger partial charge in [0.2, 0.25) is 0 Å². The summed E-state index contributed by atoms with van der Waals surface area (Å²) in [7, 11) is 0. The minimum atomic E-state index is -0.127. The lowest BCUT2D eigenvalue weighted by molar-refractivity contribution is 0.102. The first-order chi connectivity index (χ1) is 12.7. The van der Waals surface area contributed by atoms with Crippen LogP contribution in [-0.2, 0) is 0 Å². The maximum Gasteiger partial charge on any atom is 0.255 e. The van der Waals surface area contributed by atoms with Crippen molar-refractivity contribution < 1.29 is 4.79 Å². The number of anilines is 1. The van der Waals surface area contributed by atoms with E-state index in [1.165, 1.54) is 0 Å². The third kappa shape index (κ3) is 3.20. The maximum atomic E-state index is 12.6. The summed E-state index contributed by atoms with van der Waals surface area (Å²) in [6.07, 6.45) is 0. The van der Waals surface area contributed by atoms with E-state index in [-0.39, 0.29) is 5.91 Å². The molecule has 3 nitrogen and oxygen atoms in total. The van der Waals surface area contributed by atoms with E-state index >= 15 is 0 Å². The van der Waals surface area contributed by atoms with Crippen LogP contribution in [0.2, 0.25) is 0 Å². The van der Waals surface area contributed by atoms with Crippen LogP contribution in [-0.4, -0.2) is 10.9 Å². The molecule has 0 spiro atoms. The van der Waals surface area contributed by atoms with Gasteiger partial charge in [0.05, 0.1) is 11.2 Å². The molecule has 0 saturated heterocycles. The van der Waals surface area contributed by atoms with Crippen molar-refractivity contribution in [2.24, 2.45) is 0 Å². The first-order valence-corrected chi connectivity index (χ1v) is 8.54. The van der Waals surface area contributed by atoms with Crippen LogP contribution in [0.25, 0.3) is 22.0 Å². The summed E-state index contributed by atoms with van der Waals surface area (Å²) in [4.78, 5) is 17.2. The number of hydrogen-bond donors (Lipinski definition) is 1. The van der Waals surface area contributed by atoms with Gasteiger partial charge in [0.15, 0.2) is 0 Å². The SMILES string of the molecule is Cc1ccc2c(NC(=O)c3ccc(-c4ccccc4)cc3)cccc2n1. The van der Waals surface area contributed by atoms with Crippen molar-refractivity contribution in [2.75, 3.05) is 5.32 Å². The van der Waals surface area contributed by atoms with Crippen molar-refractivity contribution in [3.8, 4) is 11.1 Å². The molecule has 0 aliphatic rings. The largest absolute Gasteiger partial charge is 0.321 e. The Labute approximate surface area is 152 Å². The number of aromatic nitrogens is 1. The molecule has 0 atom stereocenters. The standard InChI is InChI=1S/C23H18N2O/c1-16-10-15-20-21(24-16)8-5-9-22(20)25-23(26)19-13-11-18(12-14-19)17-6-3-2-4-7-17/h2-15H,1H3,(H,25,26). The summed E-state index contributed by atoms with van der Waals surface area (Å²) >= 11 is 0. The minimum absolute atomic E-state index is 0.127. The highest BCUT2D eigenvalue weighted by molar-refractivity contribution is 6.08. The van der Waals surface area contributed by atoms with E-state index in [0.717, 1.165) is 33.4 Å². The molecule has 0 saturated carbocycles. The third-order valence-electron chi connectivity index (χ3n) is 4.37. The number of carbonyl (C=O) groups excluding carboxylic acids is 1. The van der Waals surface area contributed by atoms with Gasteiger partial charge in [-0.05, 0) is 54.4 Å². The number of fused-ring (bicyclic) bond motifs is 1. The Hall–Kier alpha value is -3.46. The summed E-state index contributed by atoms with van der Waals surface area (Å²) in [6.45, 7) is 1.96. The lowest BCUT2D eigenvalue weighted by Crippen LogP contribution is -2.12. The molecule has 1 N–H and O–H groups in total. The van der Waals surface area contributed by atoms with Crippen LogP contribution < -0.4 is 5.32 Å². The fourth-order valence-corrected chi connectivity index (χ4v) is 3.01. The topological polar surface area (TPSA) is 42.0 Å². The number of carbonyl (C=O) groups is 1. The van der Waals surface area contributed by atoms with E-state index in [1.54, 1.807) is 0 Å². The van der Waals surface area contributed by atoms with Crippen LogP contribution in [0.3, 0.4) is 0 Å². The average Bonchev–Trinajstić information content (AvgIpc) is 2.69. The zero-order chi connectivity index (χ0) is 17.9. The highest BCUT2D eigenvalue weighted by atomic mass is 16.1. The van der Waals surface area contributed by atoms with Crippen molar-refractivity contribution >= 4 is 22.5 Å². The Bertz CT molecular complexity index is 1070. The van der Waals surface area contributed by atoms with Gasteiger partial charge in [-0.3, -0.25) is 9.78 Å². The van der Waals surface area contributed by atoms with Crippen molar-refractivity contribution in [1.82, 2.24) is 4.98 Å². The van der Waals surface area contributed by atoms with Crippen LogP contribution in [0.4, 0.5) is 5.69 Å². The molecule has 126 valence electrons. The Morgan fingerprint density at radius 1 is 0.769 bits per heavy atom. The molecule has 1 heterocycles.